The fourth-order valence-corrected chi connectivity index (χ4v) is 2.84. The Hall–Kier alpha value is -3.35. The number of carbonyl (C=O) groups excluding carboxylic acids is 1. The lowest BCUT2D eigenvalue weighted by molar-refractivity contribution is -0.121. The zero-order valence-electron chi connectivity index (χ0n) is 15.0. The molecule has 3 rings (SSSR count). The fourth-order valence-electron chi connectivity index (χ4n) is 2.84. The summed E-state index contributed by atoms with van der Waals surface area (Å²) in [4.78, 5) is 39.4. The minimum absolute atomic E-state index is 0.0118. The molecule has 27 heavy (non-hydrogen) atoms. The highest BCUT2D eigenvalue weighted by atomic mass is 16.5. The van der Waals surface area contributed by atoms with E-state index >= 15 is 0 Å². The number of aromatic nitrogens is 2. The Labute approximate surface area is 155 Å². The third kappa shape index (κ3) is 4.25. The van der Waals surface area contributed by atoms with E-state index in [9.17, 15) is 14.4 Å². The first-order chi connectivity index (χ1) is 13.1. The molecule has 0 radical (unpaired) electrons. The largest absolute Gasteiger partial charge is 0.494 e. The van der Waals surface area contributed by atoms with E-state index in [-0.39, 0.29) is 18.9 Å². The summed E-state index contributed by atoms with van der Waals surface area (Å²) in [6, 6.07) is 14.3. The van der Waals surface area contributed by atoms with Crippen LogP contribution in [0.25, 0.3) is 10.9 Å². The number of H-pyrrole nitrogens is 1. The predicted octanol–water partition coefficient (Wildman–Crippen LogP) is 1.79. The molecule has 1 amide bonds. The molecule has 7 nitrogen and oxygen atoms in total. The molecule has 0 saturated carbocycles. The highest BCUT2D eigenvalue weighted by Gasteiger charge is 2.10. The minimum atomic E-state index is -0.520. The van der Waals surface area contributed by atoms with E-state index in [1.54, 1.807) is 24.3 Å². The van der Waals surface area contributed by atoms with Crippen molar-refractivity contribution < 1.29 is 9.53 Å². The van der Waals surface area contributed by atoms with Crippen LogP contribution in [0.1, 0.15) is 18.9 Å². The molecular formula is C20H21N3O4. The Morgan fingerprint density at radius 2 is 1.85 bits per heavy atom. The van der Waals surface area contributed by atoms with Crippen molar-refractivity contribution in [3.8, 4) is 5.75 Å². The first kappa shape index (κ1) is 18.4. The smallest absolute Gasteiger partial charge is 0.328 e. The van der Waals surface area contributed by atoms with Gasteiger partial charge in [-0.15, -0.1) is 0 Å². The fraction of sp³-hybridized carbons (Fsp3) is 0.250. The van der Waals surface area contributed by atoms with Gasteiger partial charge in [0.25, 0.3) is 5.56 Å². The third-order valence-electron chi connectivity index (χ3n) is 4.20. The maximum atomic E-state index is 12.5. The molecule has 0 spiro atoms. The lowest BCUT2D eigenvalue weighted by Gasteiger charge is -2.11. The molecule has 7 heteroatoms. The van der Waals surface area contributed by atoms with E-state index in [2.05, 4.69) is 10.3 Å². The summed E-state index contributed by atoms with van der Waals surface area (Å²) in [5.41, 5.74) is 0.436. The van der Waals surface area contributed by atoms with Crippen LogP contribution in [0.3, 0.4) is 0 Å². The average molecular weight is 367 g/mol. The lowest BCUT2D eigenvalue weighted by atomic mass is 10.2. The van der Waals surface area contributed by atoms with Gasteiger partial charge in [0.1, 0.15) is 5.75 Å². The van der Waals surface area contributed by atoms with Gasteiger partial charge in [-0.3, -0.25) is 14.2 Å². The summed E-state index contributed by atoms with van der Waals surface area (Å²) in [5, 5.41) is 3.22. The summed E-state index contributed by atoms with van der Waals surface area (Å²) in [6.45, 7) is 2.77. The Bertz CT molecular complexity index is 1070. The molecule has 2 N–H and O–H groups in total. The number of fused-ring (bicyclic) bond motifs is 1. The summed E-state index contributed by atoms with van der Waals surface area (Å²) in [6.07, 6.45) is 0.0259. The van der Waals surface area contributed by atoms with E-state index in [0.717, 1.165) is 15.9 Å². The standard InChI is InChI=1S/C20H21N3O4/c1-2-27-17-10-6-3-7-14(17)13-21-18(24)11-12-23-19(25)15-8-4-5-9-16(15)22-20(23)26/h3-10H,2,11-13H2,1H3,(H,21,24)(H,22,26). The van der Waals surface area contributed by atoms with Gasteiger partial charge in [-0.1, -0.05) is 30.3 Å². The molecule has 0 aliphatic carbocycles. The van der Waals surface area contributed by atoms with E-state index in [1.807, 2.05) is 31.2 Å². The van der Waals surface area contributed by atoms with Crippen LogP contribution in [0.5, 0.6) is 5.75 Å². The van der Waals surface area contributed by atoms with E-state index in [0.29, 0.717) is 24.1 Å². The molecule has 0 saturated heterocycles. The highest BCUT2D eigenvalue weighted by Crippen LogP contribution is 2.17. The summed E-state index contributed by atoms with van der Waals surface area (Å²) < 4.78 is 6.58. The molecule has 0 aliphatic heterocycles. The molecule has 0 bridgehead atoms. The van der Waals surface area contributed by atoms with Crippen LogP contribution in [0.15, 0.2) is 58.1 Å². The number of aromatic amines is 1. The number of hydrogen-bond donors (Lipinski definition) is 2. The van der Waals surface area contributed by atoms with Gasteiger partial charge < -0.3 is 15.0 Å². The molecule has 0 unspecified atom stereocenters. The average Bonchev–Trinajstić information content (AvgIpc) is 2.67. The number of rotatable bonds is 7. The second-order valence-electron chi connectivity index (χ2n) is 6.00. The number of ether oxygens (including phenoxy) is 1. The van der Waals surface area contributed by atoms with Gasteiger partial charge >= 0.3 is 5.69 Å². The summed E-state index contributed by atoms with van der Waals surface area (Å²) >= 11 is 0. The van der Waals surface area contributed by atoms with Crippen LogP contribution >= 0.6 is 0 Å². The maximum absolute atomic E-state index is 12.5. The van der Waals surface area contributed by atoms with Crippen molar-refractivity contribution in [1.29, 1.82) is 0 Å². The van der Waals surface area contributed by atoms with Crippen molar-refractivity contribution >= 4 is 16.8 Å². The second kappa shape index (κ2) is 8.35. The number of nitrogens with one attached hydrogen (secondary N) is 2. The first-order valence-corrected chi connectivity index (χ1v) is 8.79. The number of amides is 1. The molecule has 0 atom stereocenters. The number of nitrogens with zero attached hydrogens (tertiary/aromatic N) is 1. The van der Waals surface area contributed by atoms with Crippen LogP contribution in [-0.4, -0.2) is 22.1 Å². The maximum Gasteiger partial charge on any atom is 0.328 e. The molecular weight excluding hydrogens is 346 g/mol. The second-order valence-corrected chi connectivity index (χ2v) is 6.00. The van der Waals surface area contributed by atoms with Crippen molar-refractivity contribution in [1.82, 2.24) is 14.9 Å². The number of hydrogen-bond acceptors (Lipinski definition) is 4. The molecule has 0 fully saturated rings. The summed E-state index contributed by atoms with van der Waals surface area (Å²) in [5.74, 6) is 0.475. The van der Waals surface area contributed by atoms with Crippen LogP contribution in [0, 0.1) is 0 Å². The van der Waals surface area contributed by atoms with Gasteiger partial charge in [-0.25, -0.2) is 4.79 Å². The molecule has 140 valence electrons. The SMILES string of the molecule is CCOc1ccccc1CNC(=O)CCn1c(=O)[nH]c2ccccc2c1=O. The normalized spacial score (nSPS) is 10.7. The molecule has 0 aliphatic rings. The van der Waals surface area contributed by atoms with Crippen LogP contribution < -0.4 is 21.3 Å². The van der Waals surface area contributed by atoms with Crippen LogP contribution in [0.2, 0.25) is 0 Å². The van der Waals surface area contributed by atoms with Gasteiger partial charge in [-0.2, -0.15) is 0 Å². The Morgan fingerprint density at radius 1 is 1.11 bits per heavy atom. The third-order valence-corrected chi connectivity index (χ3v) is 4.20. The number of para-hydroxylation sites is 2. The summed E-state index contributed by atoms with van der Waals surface area (Å²) in [7, 11) is 0. The van der Waals surface area contributed by atoms with Crippen molar-refractivity contribution in [2.75, 3.05) is 6.61 Å². The Balaban J connectivity index is 1.66. The van der Waals surface area contributed by atoms with Gasteiger partial charge in [-0.05, 0) is 25.1 Å². The molecule has 1 aromatic heterocycles. The zero-order valence-corrected chi connectivity index (χ0v) is 15.0. The van der Waals surface area contributed by atoms with Gasteiger partial charge in [0.2, 0.25) is 5.91 Å². The highest BCUT2D eigenvalue weighted by molar-refractivity contribution is 5.77. The van der Waals surface area contributed by atoms with Crippen LogP contribution in [0.4, 0.5) is 0 Å². The first-order valence-electron chi connectivity index (χ1n) is 8.79. The number of benzene rings is 2. The van der Waals surface area contributed by atoms with Crippen molar-refractivity contribution in [3.05, 3.63) is 74.9 Å². The van der Waals surface area contributed by atoms with E-state index in [4.69, 9.17) is 4.74 Å². The zero-order chi connectivity index (χ0) is 19.2. The number of carbonyl (C=O) groups is 1. The predicted molar refractivity (Wildman–Crippen MR) is 103 cm³/mol. The Kier molecular flexibility index (Phi) is 5.71. The molecule has 3 aromatic rings. The van der Waals surface area contributed by atoms with Gasteiger partial charge in [0, 0.05) is 25.1 Å². The lowest BCUT2D eigenvalue weighted by Crippen LogP contribution is -2.36. The van der Waals surface area contributed by atoms with Crippen molar-refractivity contribution in [2.24, 2.45) is 0 Å². The van der Waals surface area contributed by atoms with Crippen molar-refractivity contribution in [3.63, 3.8) is 0 Å². The Morgan fingerprint density at radius 3 is 2.67 bits per heavy atom. The quantitative estimate of drug-likeness (QED) is 0.666. The van der Waals surface area contributed by atoms with Crippen LogP contribution in [-0.2, 0) is 17.9 Å². The minimum Gasteiger partial charge on any atom is -0.494 e. The van der Waals surface area contributed by atoms with Gasteiger partial charge in [0.05, 0.1) is 17.5 Å². The van der Waals surface area contributed by atoms with Gasteiger partial charge in [0.15, 0.2) is 0 Å². The van der Waals surface area contributed by atoms with E-state index in [1.165, 1.54) is 0 Å². The van der Waals surface area contributed by atoms with E-state index < -0.39 is 11.2 Å². The molecule has 1 heterocycles. The van der Waals surface area contributed by atoms with Crippen molar-refractivity contribution in [2.45, 2.75) is 26.4 Å². The monoisotopic (exact) mass is 367 g/mol. The topological polar surface area (TPSA) is 93.2 Å². The molecule has 2 aromatic carbocycles.